The molecule has 0 atom stereocenters. The number of aryl methyl sites for hydroxylation is 2. The summed E-state index contributed by atoms with van der Waals surface area (Å²) in [5.41, 5.74) is 1.57. The van der Waals surface area contributed by atoms with E-state index in [4.69, 9.17) is 0 Å². The number of thiophene rings is 1. The lowest BCUT2D eigenvalue weighted by molar-refractivity contribution is 0.0702. The zero-order chi connectivity index (χ0) is 19.8. The number of carbonyl (C=O) groups excluding carboxylic acids is 2. The lowest BCUT2D eigenvalue weighted by atomic mass is 10.2. The van der Waals surface area contributed by atoms with Crippen molar-refractivity contribution in [2.24, 2.45) is 0 Å². The fourth-order valence-corrected chi connectivity index (χ4v) is 5.40. The first-order valence-electron chi connectivity index (χ1n) is 8.67. The third-order valence-corrected chi connectivity index (χ3v) is 7.85. The Morgan fingerprint density at radius 1 is 1.00 bits per heavy atom. The average molecular weight is 407 g/mol. The highest BCUT2D eigenvalue weighted by atomic mass is 32.2. The van der Waals surface area contributed by atoms with Crippen molar-refractivity contribution in [1.82, 2.24) is 9.21 Å². The number of sulfonamides is 1. The summed E-state index contributed by atoms with van der Waals surface area (Å²) in [5, 5.41) is 0. The van der Waals surface area contributed by atoms with Crippen molar-refractivity contribution >= 4 is 33.1 Å². The van der Waals surface area contributed by atoms with Crippen LogP contribution in [-0.2, 0) is 10.0 Å². The van der Waals surface area contributed by atoms with Gasteiger partial charge < -0.3 is 4.90 Å². The number of nitrogens with zero attached hydrogens (tertiary/aromatic N) is 2. The van der Waals surface area contributed by atoms with Crippen LogP contribution in [0.3, 0.4) is 0 Å². The molecule has 1 aromatic heterocycles. The average Bonchev–Trinajstić information content (AvgIpc) is 3.00. The molecule has 0 saturated carbocycles. The molecule has 0 radical (unpaired) electrons. The van der Waals surface area contributed by atoms with Crippen molar-refractivity contribution in [2.45, 2.75) is 25.7 Å². The highest BCUT2D eigenvalue weighted by Crippen LogP contribution is 2.24. The molecule has 27 heavy (non-hydrogen) atoms. The van der Waals surface area contributed by atoms with E-state index in [1.165, 1.54) is 46.8 Å². The Balaban J connectivity index is 1.69. The van der Waals surface area contributed by atoms with Crippen LogP contribution in [0.1, 0.15) is 37.4 Å². The molecule has 0 bridgehead atoms. The molecular formula is C19H22N2O4S2. The molecule has 144 valence electrons. The topological polar surface area (TPSA) is 74.8 Å². The fraction of sp³-hybridized carbons (Fsp3) is 0.368. The van der Waals surface area contributed by atoms with Crippen molar-refractivity contribution in [2.75, 3.05) is 26.2 Å². The van der Waals surface area contributed by atoms with E-state index in [0.29, 0.717) is 23.5 Å². The van der Waals surface area contributed by atoms with Gasteiger partial charge in [0.2, 0.25) is 10.0 Å². The lowest BCUT2D eigenvalue weighted by Gasteiger charge is -2.33. The molecule has 1 aliphatic heterocycles. The normalized spacial score (nSPS) is 15.7. The van der Waals surface area contributed by atoms with Gasteiger partial charge in [-0.3, -0.25) is 9.59 Å². The first-order chi connectivity index (χ1) is 12.7. The van der Waals surface area contributed by atoms with Crippen LogP contribution in [0.25, 0.3) is 0 Å². The first-order valence-corrected chi connectivity index (χ1v) is 10.9. The summed E-state index contributed by atoms with van der Waals surface area (Å²) in [6.07, 6.45) is 0. The molecule has 3 rings (SSSR count). The maximum atomic E-state index is 12.8. The Hall–Kier alpha value is -2.03. The molecule has 8 heteroatoms. The van der Waals surface area contributed by atoms with Crippen LogP contribution in [-0.4, -0.2) is 55.5 Å². The SMILES string of the molecule is CC(=O)c1ccc(S(=O)(=O)N2CCN(C(=O)c3cc(C)c(C)s3)CC2)cc1. The molecular weight excluding hydrogens is 384 g/mol. The predicted molar refractivity (Wildman–Crippen MR) is 105 cm³/mol. The third-order valence-electron chi connectivity index (χ3n) is 4.80. The quantitative estimate of drug-likeness (QED) is 0.732. The fourth-order valence-electron chi connectivity index (χ4n) is 2.98. The van der Waals surface area contributed by atoms with Gasteiger partial charge in [0, 0.05) is 36.6 Å². The molecule has 0 unspecified atom stereocenters. The Morgan fingerprint density at radius 2 is 1.59 bits per heavy atom. The second-order valence-electron chi connectivity index (χ2n) is 6.63. The summed E-state index contributed by atoms with van der Waals surface area (Å²) < 4.78 is 27.0. The number of ketones is 1. The van der Waals surface area contributed by atoms with E-state index in [0.717, 1.165) is 10.4 Å². The molecule has 2 heterocycles. The lowest BCUT2D eigenvalue weighted by Crippen LogP contribution is -2.50. The number of amides is 1. The number of benzene rings is 1. The van der Waals surface area contributed by atoms with E-state index < -0.39 is 10.0 Å². The van der Waals surface area contributed by atoms with Crippen LogP contribution in [0.15, 0.2) is 35.2 Å². The van der Waals surface area contributed by atoms with Crippen LogP contribution < -0.4 is 0 Å². The molecule has 1 saturated heterocycles. The number of piperazine rings is 1. The largest absolute Gasteiger partial charge is 0.335 e. The summed E-state index contributed by atoms with van der Waals surface area (Å²) in [4.78, 5) is 27.7. The molecule has 0 spiro atoms. The maximum absolute atomic E-state index is 12.8. The van der Waals surface area contributed by atoms with Crippen molar-refractivity contribution < 1.29 is 18.0 Å². The van der Waals surface area contributed by atoms with Crippen molar-refractivity contribution in [1.29, 1.82) is 0 Å². The highest BCUT2D eigenvalue weighted by molar-refractivity contribution is 7.89. The number of carbonyl (C=O) groups is 2. The molecule has 1 amide bonds. The number of Topliss-reactive ketones (excluding diaryl/α,β-unsaturated/α-hetero) is 1. The van der Waals surface area contributed by atoms with Crippen LogP contribution in [0, 0.1) is 13.8 Å². The Labute approximate surface area is 163 Å². The van der Waals surface area contributed by atoms with E-state index in [9.17, 15) is 18.0 Å². The predicted octanol–water partition coefficient (Wildman–Crippen LogP) is 2.71. The third kappa shape index (κ3) is 3.97. The number of hydrogen-bond donors (Lipinski definition) is 0. The molecule has 1 fully saturated rings. The summed E-state index contributed by atoms with van der Waals surface area (Å²) in [6.45, 7) is 6.64. The van der Waals surface area contributed by atoms with Gasteiger partial charge in [-0.1, -0.05) is 12.1 Å². The Morgan fingerprint density at radius 3 is 2.07 bits per heavy atom. The van der Waals surface area contributed by atoms with Gasteiger partial charge in [-0.2, -0.15) is 4.31 Å². The first kappa shape index (κ1) is 19.7. The standard InChI is InChI=1S/C19H22N2O4S2/c1-13-12-18(26-15(13)3)19(23)20-8-10-21(11-9-20)27(24,25)17-6-4-16(5-7-17)14(2)22/h4-7,12H,8-11H2,1-3H3. The molecule has 6 nitrogen and oxygen atoms in total. The van der Waals surface area contributed by atoms with E-state index in [2.05, 4.69) is 0 Å². The second-order valence-corrected chi connectivity index (χ2v) is 9.82. The number of rotatable bonds is 4. The van der Waals surface area contributed by atoms with Gasteiger partial charge in [0.05, 0.1) is 9.77 Å². The van der Waals surface area contributed by atoms with Crippen LogP contribution >= 0.6 is 11.3 Å². The second kappa shape index (κ2) is 7.53. The van der Waals surface area contributed by atoms with E-state index in [1.54, 1.807) is 4.90 Å². The van der Waals surface area contributed by atoms with Gasteiger partial charge in [0.25, 0.3) is 5.91 Å². The van der Waals surface area contributed by atoms with Gasteiger partial charge in [-0.15, -0.1) is 11.3 Å². The minimum atomic E-state index is -3.63. The van der Waals surface area contributed by atoms with Crippen molar-refractivity contribution in [3.8, 4) is 0 Å². The van der Waals surface area contributed by atoms with E-state index in [1.807, 2.05) is 19.9 Å². The van der Waals surface area contributed by atoms with Crippen molar-refractivity contribution in [3.05, 3.63) is 51.2 Å². The van der Waals surface area contributed by atoms with Gasteiger partial charge in [-0.25, -0.2) is 8.42 Å². The highest BCUT2D eigenvalue weighted by Gasteiger charge is 2.31. The van der Waals surface area contributed by atoms with Crippen LogP contribution in [0.5, 0.6) is 0 Å². The van der Waals surface area contributed by atoms with E-state index >= 15 is 0 Å². The smallest absolute Gasteiger partial charge is 0.264 e. The zero-order valence-electron chi connectivity index (χ0n) is 15.6. The summed E-state index contributed by atoms with van der Waals surface area (Å²) in [6, 6.07) is 7.86. The van der Waals surface area contributed by atoms with Gasteiger partial charge >= 0.3 is 0 Å². The molecule has 2 aromatic rings. The summed E-state index contributed by atoms with van der Waals surface area (Å²) in [5.74, 6) is -0.149. The van der Waals surface area contributed by atoms with Crippen LogP contribution in [0.2, 0.25) is 0 Å². The molecule has 0 aliphatic carbocycles. The maximum Gasteiger partial charge on any atom is 0.264 e. The zero-order valence-corrected chi connectivity index (χ0v) is 17.2. The summed E-state index contributed by atoms with van der Waals surface area (Å²) >= 11 is 1.47. The summed E-state index contributed by atoms with van der Waals surface area (Å²) in [7, 11) is -3.63. The Kier molecular flexibility index (Phi) is 5.50. The minimum Gasteiger partial charge on any atom is -0.335 e. The van der Waals surface area contributed by atoms with E-state index in [-0.39, 0.29) is 29.7 Å². The monoisotopic (exact) mass is 406 g/mol. The van der Waals surface area contributed by atoms with Gasteiger partial charge in [0.15, 0.2) is 5.78 Å². The van der Waals surface area contributed by atoms with Crippen molar-refractivity contribution in [3.63, 3.8) is 0 Å². The Bertz CT molecular complexity index is 950. The molecule has 1 aliphatic rings. The number of hydrogen-bond acceptors (Lipinski definition) is 5. The van der Waals surface area contributed by atoms with Gasteiger partial charge in [-0.05, 0) is 44.5 Å². The van der Waals surface area contributed by atoms with Gasteiger partial charge in [0.1, 0.15) is 0 Å². The molecule has 1 aromatic carbocycles. The van der Waals surface area contributed by atoms with Crippen LogP contribution in [0.4, 0.5) is 0 Å². The minimum absolute atomic E-state index is 0.0425. The molecule has 0 N–H and O–H groups in total.